The minimum absolute atomic E-state index is 0. The second kappa shape index (κ2) is 28.1. The normalized spacial score (nSPS) is 20.7. The number of rotatable bonds is 14. The third-order valence-corrected chi connectivity index (χ3v) is 17.7. The molecule has 0 bridgehead atoms. The summed E-state index contributed by atoms with van der Waals surface area (Å²) in [6, 6.07) is 10.4. The number of fused-ring (bicyclic) bond motifs is 2. The maximum absolute atomic E-state index is 13.7. The van der Waals surface area contributed by atoms with Crippen molar-refractivity contribution in [2.45, 2.75) is 155 Å². The number of aromatic nitrogens is 8. The van der Waals surface area contributed by atoms with Gasteiger partial charge in [0.15, 0.2) is 0 Å². The molecule has 2 atom stereocenters. The first-order valence-electron chi connectivity index (χ1n) is 29.9. The molecular formula is C62H70F12MgN12O4. The number of tetrazole rings is 2. The zero-order valence-electron chi connectivity index (χ0n) is 51.2. The Bertz CT molecular complexity index is 3230. The maximum Gasteiger partial charge on any atom is 2.00 e. The number of hydrogen-bond donors (Lipinski definition) is 0. The molecule has 2 aromatic heterocycles. The second-order valence-electron chi connectivity index (χ2n) is 24.6. The van der Waals surface area contributed by atoms with Crippen molar-refractivity contribution in [1.82, 2.24) is 40.4 Å². The van der Waals surface area contributed by atoms with Crippen molar-refractivity contribution < 1.29 is 72.5 Å². The molecule has 16 nitrogen and oxygen atoms in total. The summed E-state index contributed by atoms with van der Waals surface area (Å²) in [6.45, 7) is 9.98. The predicted molar refractivity (Wildman–Crippen MR) is 310 cm³/mol. The van der Waals surface area contributed by atoms with E-state index in [0.29, 0.717) is 77.5 Å². The van der Waals surface area contributed by atoms with Crippen LogP contribution in [0.15, 0.2) is 60.7 Å². The standard InChI is InChI=1S/2C31H36F6N6O2.Mg/c2*1-18-11-19(2)27-25(12-18)26(5-4-10-42(27)16-20-6-8-22(9-7-20)28(44)45)43(29-38-40-41(3)39-29)17-21-13-23(30(32,33)34)15-24(14-21)31(35,36)37;/h2*11-15,20,22,26H,4-10,16-17H2,1-3H3,(H,44,45);/q;;+2/p-2/t2*20?,22?,26-;/m00./s1. The van der Waals surface area contributed by atoms with Gasteiger partial charge in [-0.2, -0.15) is 62.3 Å². The number of anilines is 4. The molecule has 29 heteroatoms. The fourth-order valence-electron chi connectivity index (χ4n) is 13.7. The van der Waals surface area contributed by atoms with E-state index in [0.717, 1.165) is 94.7 Å². The van der Waals surface area contributed by atoms with Crippen LogP contribution in [0.3, 0.4) is 0 Å². The molecule has 2 fully saturated rings. The third kappa shape index (κ3) is 17.0. The van der Waals surface area contributed by atoms with Crippen LogP contribution in [0.2, 0.25) is 0 Å². The minimum Gasteiger partial charge on any atom is -0.550 e. The van der Waals surface area contributed by atoms with Gasteiger partial charge in [-0.1, -0.05) is 45.6 Å². The summed E-state index contributed by atoms with van der Waals surface area (Å²) in [7, 11) is 3.07. The summed E-state index contributed by atoms with van der Waals surface area (Å²) in [6.07, 6.45) is -12.2. The molecule has 4 aromatic carbocycles. The van der Waals surface area contributed by atoms with E-state index in [1.165, 1.54) is 23.7 Å². The monoisotopic (exact) mass is 1300 g/mol. The van der Waals surface area contributed by atoms with Crippen molar-refractivity contribution in [3.05, 3.63) is 127 Å². The van der Waals surface area contributed by atoms with Crippen molar-refractivity contribution >= 4 is 58.3 Å². The van der Waals surface area contributed by atoms with Gasteiger partial charge in [-0.25, -0.2) is 0 Å². The number of alkyl halides is 12. The Kier molecular flexibility index (Phi) is 21.6. The Morgan fingerprint density at radius 2 is 0.802 bits per heavy atom. The van der Waals surface area contributed by atoms with E-state index in [2.05, 4.69) is 52.8 Å². The van der Waals surface area contributed by atoms with Crippen LogP contribution in [0, 0.1) is 51.4 Å². The molecule has 2 saturated carbocycles. The Hall–Kier alpha value is -6.91. The number of halogens is 12. The van der Waals surface area contributed by atoms with Crippen LogP contribution in [0.5, 0.6) is 0 Å². The first-order valence-corrected chi connectivity index (χ1v) is 29.9. The molecule has 0 radical (unpaired) electrons. The smallest absolute Gasteiger partial charge is 0.550 e. The molecule has 10 rings (SSSR count). The van der Waals surface area contributed by atoms with Gasteiger partial charge in [0, 0.05) is 62.6 Å². The minimum atomic E-state index is -4.98. The average Bonchev–Trinajstić information content (AvgIpc) is 1.82. The van der Waals surface area contributed by atoms with E-state index in [9.17, 15) is 72.5 Å². The van der Waals surface area contributed by atoms with Crippen molar-refractivity contribution in [1.29, 1.82) is 0 Å². The van der Waals surface area contributed by atoms with Gasteiger partial charge >= 0.3 is 47.8 Å². The van der Waals surface area contributed by atoms with Crippen molar-refractivity contribution in [2.75, 3.05) is 45.8 Å². The molecule has 0 saturated heterocycles. The van der Waals surface area contributed by atoms with Crippen LogP contribution in [0.1, 0.15) is 156 Å². The molecule has 0 unspecified atom stereocenters. The Morgan fingerprint density at radius 3 is 1.08 bits per heavy atom. The molecule has 2 aliphatic carbocycles. The van der Waals surface area contributed by atoms with Crippen LogP contribution in [-0.4, -0.2) is 102 Å². The Labute approximate surface area is 534 Å². The number of carbonyl (C=O) groups excluding carboxylic acids is 2. The number of aliphatic carboxylic acids is 2. The van der Waals surface area contributed by atoms with Gasteiger partial charge in [0.1, 0.15) is 0 Å². The van der Waals surface area contributed by atoms with Crippen molar-refractivity contribution in [3.63, 3.8) is 0 Å². The van der Waals surface area contributed by atoms with E-state index < -0.39 is 82.8 Å². The van der Waals surface area contributed by atoms with Crippen molar-refractivity contribution in [2.24, 2.45) is 37.8 Å². The molecule has 2 aliphatic heterocycles. The van der Waals surface area contributed by atoms with Gasteiger partial charge < -0.3 is 39.4 Å². The zero-order chi connectivity index (χ0) is 65.4. The number of aryl methyl sites for hydroxylation is 6. The first-order chi connectivity index (χ1) is 42.2. The van der Waals surface area contributed by atoms with E-state index in [1.807, 2.05) is 39.8 Å². The summed E-state index contributed by atoms with van der Waals surface area (Å²) in [5.41, 5.74) is 1.68. The van der Waals surface area contributed by atoms with Gasteiger partial charge in [0.05, 0.1) is 48.4 Å². The largest absolute Gasteiger partial charge is 2.00 e. The molecule has 488 valence electrons. The van der Waals surface area contributed by atoms with Gasteiger partial charge in [0.2, 0.25) is 0 Å². The van der Waals surface area contributed by atoms with E-state index in [4.69, 9.17) is 0 Å². The molecular weight excluding hydrogens is 1230 g/mol. The summed E-state index contributed by atoms with van der Waals surface area (Å²) in [4.78, 5) is 33.0. The Morgan fingerprint density at radius 1 is 0.484 bits per heavy atom. The fourth-order valence-corrected chi connectivity index (χ4v) is 13.7. The molecule has 4 heterocycles. The number of nitrogens with zero attached hydrogens (tertiary/aromatic N) is 12. The van der Waals surface area contributed by atoms with Gasteiger partial charge in [-0.3, -0.25) is 0 Å². The van der Waals surface area contributed by atoms with E-state index >= 15 is 0 Å². The van der Waals surface area contributed by atoms with Gasteiger partial charge in [0.25, 0.3) is 11.9 Å². The average molecular weight is 1300 g/mol. The van der Waals surface area contributed by atoms with Crippen molar-refractivity contribution in [3.8, 4) is 0 Å². The number of carboxylic acid groups (broad SMARTS) is 2. The molecule has 0 amide bonds. The zero-order valence-corrected chi connectivity index (χ0v) is 52.6. The van der Waals surface area contributed by atoms with E-state index in [1.54, 1.807) is 9.80 Å². The summed E-state index contributed by atoms with van der Waals surface area (Å²) in [5, 5.41) is 47.4. The molecule has 4 aliphatic rings. The third-order valence-electron chi connectivity index (χ3n) is 17.7. The topological polar surface area (TPSA) is 180 Å². The second-order valence-corrected chi connectivity index (χ2v) is 24.6. The summed E-state index contributed by atoms with van der Waals surface area (Å²) < 4.78 is 165. The van der Waals surface area contributed by atoms with Crippen LogP contribution in [0.4, 0.5) is 76.0 Å². The Balaban J connectivity index is 0.000000232. The van der Waals surface area contributed by atoms with Gasteiger partial charge in [-0.15, -0.1) is 10.2 Å². The number of benzene rings is 4. The van der Waals surface area contributed by atoms with Gasteiger partial charge in [-0.05, 0) is 209 Å². The fraction of sp³-hybridized carbons (Fsp3) is 0.548. The van der Waals surface area contributed by atoms with Crippen LogP contribution in [-0.2, 0) is 61.5 Å². The molecule has 91 heavy (non-hydrogen) atoms. The summed E-state index contributed by atoms with van der Waals surface area (Å²) >= 11 is 0. The quantitative estimate of drug-likeness (QED) is 0.0742. The maximum atomic E-state index is 13.7. The number of carboxylic acids is 2. The predicted octanol–water partition coefficient (Wildman–Crippen LogP) is 11.2. The molecule has 0 spiro atoms. The molecule has 0 N–H and O–H groups in total. The van der Waals surface area contributed by atoms with Crippen LogP contribution >= 0.6 is 0 Å². The summed E-state index contributed by atoms with van der Waals surface area (Å²) in [5.74, 6) is -2.17. The van der Waals surface area contributed by atoms with Crippen LogP contribution < -0.4 is 29.8 Å². The number of hydrogen-bond acceptors (Lipinski definition) is 14. The number of carbonyl (C=O) groups is 2. The molecule has 6 aromatic rings. The SMILES string of the molecule is Cc1cc(C)c2c(c1)[C@@H](N(Cc1cc(C(F)(F)F)cc(C(F)(F)F)c1)c1nnn(C)n1)CCCN2CC1CCC(C(=O)[O-])CC1.Cc1cc(C)c2c(c1)[C@@H](N(Cc1cc(C(F)(F)F)cc(C(F)(F)F)c1)c1nnn(C)n1)CCCN2CC1CCC(C(=O)[O-])CC1.[Mg+2]. The van der Waals surface area contributed by atoms with Crippen LogP contribution in [0.25, 0.3) is 0 Å². The van der Waals surface area contributed by atoms with E-state index in [-0.39, 0.29) is 83.1 Å². The first kappa shape index (κ1) is 70.0.